The number of hydrogen-bond acceptors (Lipinski definition) is 5. The molecule has 2 rings (SSSR count). The molecule has 0 bridgehead atoms. The molecule has 5 heteroatoms. The van der Waals surface area contributed by atoms with Gasteiger partial charge >= 0.3 is 11.9 Å². The Morgan fingerprint density at radius 3 is 2.21 bits per heavy atom. The minimum atomic E-state index is -1.96. The van der Waals surface area contributed by atoms with Crippen molar-refractivity contribution < 1.29 is 23.9 Å². The van der Waals surface area contributed by atoms with Crippen molar-refractivity contribution in [3.05, 3.63) is 35.9 Å². The summed E-state index contributed by atoms with van der Waals surface area (Å²) in [7, 11) is 0. The van der Waals surface area contributed by atoms with Crippen molar-refractivity contribution in [2.75, 3.05) is 6.61 Å². The molecule has 1 saturated heterocycles. The Bertz CT molecular complexity index is 660. The van der Waals surface area contributed by atoms with Gasteiger partial charge in [0, 0.05) is 6.42 Å². The summed E-state index contributed by atoms with van der Waals surface area (Å²) in [5.74, 6) is -2.13. The normalized spacial score (nSPS) is 25.0. The summed E-state index contributed by atoms with van der Waals surface area (Å²) in [6.45, 7) is 8.48. The summed E-state index contributed by atoms with van der Waals surface area (Å²) in [6, 6.07) is 8.96. The molecule has 1 fully saturated rings. The van der Waals surface area contributed by atoms with Gasteiger partial charge in [-0.3, -0.25) is 14.4 Å². The number of benzene rings is 1. The zero-order valence-electron chi connectivity index (χ0n) is 14.8. The van der Waals surface area contributed by atoms with E-state index in [2.05, 4.69) is 0 Å². The van der Waals surface area contributed by atoms with Crippen molar-refractivity contribution in [3.8, 4) is 0 Å². The molecule has 1 aromatic carbocycles. The third-order valence-corrected chi connectivity index (χ3v) is 5.09. The summed E-state index contributed by atoms with van der Waals surface area (Å²) in [5, 5.41) is 0. The van der Waals surface area contributed by atoms with E-state index in [0.29, 0.717) is 5.56 Å². The highest BCUT2D eigenvalue weighted by atomic mass is 16.6. The van der Waals surface area contributed by atoms with Crippen LogP contribution in [0.1, 0.15) is 40.2 Å². The van der Waals surface area contributed by atoms with Crippen LogP contribution in [0.2, 0.25) is 0 Å². The number of esters is 2. The second-order valence-corrected chi connectivity index (χ2v) is 7.14. The van der Waals surface area contributed by atoms with E-state index in [1.54, 1.807) is 58.9 Å². The van der Waals surface area contributed by atoms with Crippen molar-refractivity contribution in [1.29, 1.82) is 0 Å². The first kappa shape index (κ1) is 18.2. The molecular formula is C19H24O5. The van der Waals surface area contributed by atoms with E-state index in [0.717, 1.165) is 0 Å². The number of carbonyl (C=O) groups is 3. The molecule has 0 saturated carbocycles. The van der Waals surface area contributed by atoms with Gasteiger partial charge in [-0.25, -0.2) is 0 Å². The topological polar surface area (TPSA) is 69.7 Å². The molecule has 0 amide bonds. The molecule has 1 atom stereocenters. The Balaban J connectivity index is 2.59. The zero-order chi connectivity index (χ0) is 18.2. The lowest BCUT2D eigenvalue weighted by Crippen LogP contribution is -2.66. The van der Waals surface area contributed by atoms with E-state index in [4.69, 9.17) is 9.47 Å². The van der Waals surface area contributed by atoms with Crippen LogP contribution in [0.25, 0.3) is 0 Å². The van der Waals surface area contributed by atoms with Crippen LogP contribution in [0, 0.1) is 10.8 Å². The van der Waals surface area contributed by atoms with Gasteiger partial charge in [-0.1, -0.05) is 30.3 Å². The van der Waals surface area contributed by atoms with Gasteiger partial charge in [-0.05, 0) is 40.2 Å². The number of hydrogen-bond donors (Lipinski definition) is 0. The summed E-state index contributed by atoms with van der Waals surface area (Å²) >= 11 is 0. The quantitative estimate of drug-likeness (QED) is 0.626. The maximum atomic E-state index is 13.3. The van der Waals surface area contributed by atoms with Gasteiger partial charge in [0.2, 0.25) is 5.41 Å². The van der Waals surface area contributed by atoms with Crippen LogP contribution < -0.4 is 0 Å². The highest BCUT2D eigenvalue weighted by Crippen LogP contribution is 2.48. The largest absolute Gasteiger partial charge is 0.465 e. The molecule has 1 aliphatic heterocycles. The van der Waals surface area contributed by atoms with Gasteiger partial charge in [-0.15, -0.1) is 0 Å². The Labute approximate surface area is 142 Å². The molecule has 0 unspecified atom stereocenters. The Hall–Kier alpha value is -2.17. The van der Waals surface area contributed by atoms with Gasteiger partial charge in [0.05, 0.1) is 12.0 Å². The lowest BCUT2D eigenvalue weighted by atomic mass is 9.60. The third-order valence-electron chi connectivity index (χ3n) is 5.09. The van der Waals surface area contributed by atoms with E-state index in [9.17, 15) is 14.4 Å². The second kappa shape index (κ2) is 6.04. The fourth-order valence-corrected chi connectivity index (χ4v) is 2.90. The standard InChI is InChI=1S/C19H24O5/c1-6-23-15(21)19(12-13-10-8-7-9-11-13)14(20)17(2,3)18(4,5)24-16(19)22/h7-11H,6,12H2,1-5H3/t19-/m1/s1. The lowest BCUT2D eigenvalue weighted by molar-refractivity contribution is -0.207. The number of cyclic esters (lactones) is 1. The molecule has 1 heterocycles. The summed E-state index contributed by atoms with van der Waals surface area (Å²) in [6.07, 6.45) is -0.0656. The molecule has 5 nitrogen and oxygen atoms in total. The van der Waals surface area contributed by atoms with Gasteiger partial charge in [0.15, 0.2) is 5.78 Å². The first-order valence-electron chi connectivity index (χ1n) is 8.09. The molecule has 0 radical (unpaired) electrons. The van der Waals surface area contributed by atoms with E-state index < -0.39 is 34.2 Å². The molecule has 1 aromatic rings. The van der Waals surface area contributed by atoms with Crippen molar-refractivity contribution >= 4 is 17.7 Å². The maximum absolute atomic E-state index is 13.3. The van der Waals surface area contributed by atoms with E-state index in [-0.39, 0.29) is 13.0 Å². The highest BCUT2D eigenvalue weighted by Gasteiger charge is 2.67. The average molecular weight is 332 g/mol. The van der Waals surface area contributed by atoms with Crippen LogP contribution in [-0.2, 0) is 30.3 Å². The summed E-state index contributed by atoms with van der Waals surface area (Å²) in [4.78, 5) is 38.8. The van der Waals surface area contributed by atoms with E-state index in [1.807, 2.05) is 6.07 Å². The van der Waals surface area contributed by atoms with Crippen molar-refractivity contribution in [2.24, 2.45) is 10.8 Å². The molecule has 0 spiro atoms. The molecule has 0 aliphatic carbocycles. The monoisotopic (exact) mass is 332 g/mol. The number of ether oxygens (including phenoxy) is 2. The number of ketones is 1. The van der Waals surface area contributed by atoms with Gasteiger partial charge in [-0.2, -0.15) is 0 Å². The molecule has 0 N–H and O–H groups in total. The molecule has 24 heavy (non-hydrogen) atoms. The molecule has 130 valence electrons. The first-order chi connectivity index (χ1) is 11.1. The maximum Gasteiger partial charge on any atom is 0.332 e. The lowest BCUT2D eigenvalue weighted by Gasteiger charge is -2.49. The van der Waals surface area contributed by atoms with Crippen molar-refractivity contribution in [2.45, 2.75) is 46.6 Å². The van der Waals surface area contributed by atoms with Crippen LogP contribution in [0.3, 0.4) is 0 Å². The van der Waals surface area contributed by atoms with Crippen LogP contribution >= 0.6 is 0 Å². The van der Waals surface area contributed by atoms with Crippen molar-refractivity contribution in [3.63, 3.8) is 0 Å². The number of Topliss-reactive ketones (excluding diaryl/α,β-unsaturated/α-hetero) is 1. The van der Waals surface area contributed by atoms with Crippen molar-refractivity contribution in [1.82, 2.24) is 0 Å². The molecule has 1 aliphatic rings. The third kappa shape index (κ3) is 2.62. The fourth-order valence-electron chi connectivity index (χ4n) is 2.90. The fraction of sp³-hybridized carbons (Fsp3) is 0.526. The smallest absolute Gasteiger partial charge is 0.332 e. The molecular weight excluding hydrogens is 308 g/mol. The minimum Gasteiger partial charge on any atom is -0.465 e. The zero-order valence-corrected chi connectivity index (χ0v) is 14.8. The predicted octanol–water partition coefficient (Wildman–Crippen LogP) is 2.71. The Morgan fingerprint density at radius 2 is 1.67 bits per heavy atom. The first-order valence-corrected chi connectivity index (χ1v) is 8.09. The van der Waals surface area contributed by atoms with Gasteiger partial charge < -0.3 is 9.47 Å². The van der Waals surface area contributed by atoms with Crippen LogP contribution in [0.15, 0.2) is 30.3 Å². The summed E-state index contributed by atoms with van der Waals surface area (Å²) < 4.78 is 10.7. The second-order valence-electron chi connectivity index (χ2n) is 7.14. The SMILES string of the molecule is CCOC(=O)[C@]1(Cc2ccccc2)C(=O)OC(C)(C)C(C)(C)C1=O. The Kier molecular flexibility index (Phi) is 4.57. The van der Waals surface area contributed by atoms with Crippen LogP contribution in [0.4, 0.5) is 0 Å². The predicted molar refractivity (Wildman–Crippen MR) is 88.2 cm³/mol. The Morgan fingerprint density at radius 1 is 1.08 bits per heavy atom. The van der Waals surface area contributed by atoms with E-state index >= 15 is 0 Å². The molecule has 0 aromatic heterocycles. The van der Waals surface area contributed by atoms with Gasteiger partial charge in [0.1, 0.15) is 5.60 Å². The van der Waals surface area contributed by atoms with E-state index in [1.165, 1.54) is 0 Å². The van der Waals surface area contributed by atoms with Crippen LogP contribution in [-0.4, -0.2) is 29.9 Å². The van der Waals surface area contributed by atoms with Crippen LogP contribution in [0.5, 0.6) is 0 Å². The minimum absolute atomic E-state index is 0.0656. The van der Waals surface area contributed by atoms with Gasteiger partial charge in [0.25, 0.3) is 0 Å². The number of carbonyl (C=O) groups excluding carboxylic acids is 3. The average Bonchev–Trinajstić information content (AvgIpc) is 2.51. The summed E-state index contributed by atoms with van der Waals surface area (Å²) in [5.41, 5.74) is -3.29. The number of rotatable bonds is 4. The highest BCUT2D eigenvalue weighted by molar-refractivity contribution is 6.23.